The minimum absolute atomic E-state index is 0.148. The second-order valence-electron chi connectivity index (χ2n) is 6.67. The number of hydrogen-bond acceptors (Lipinski definition) is 5. The number of anilines is 1. The van der Waals surface area contributed by atoms with Crippen LogP contribution in [0.3, 0.4) is 0 Å². The van der Waals surface area contributed by atoms with Gasteiger partial charge in [0, 0.05) is 25.5 Å². The Balaban J connectivity index is 1.81. The lowest BCUT2D eigenvalue weighted by Gasteiger charge is -2.27. The fourth-order valence-corrected chi connectivity index (χ4v) is 3.49. The predicted molar refractivity (Wildman–Crippen MR) is 105 cm³/mol. The van der Waals surface area contributed by atoms with Crippen molar-refractivity contribution in [1.29, 1.82) is 0 Å². The molecule has 1 aliphatic rings. The molecule has 7 nitrogen and oxygen atoms in total. The molecule has 4 rings (SSSR count). The Hall–Kier alpha value is -3.14. The molecule has 0 amide bonds. The molecular formula is C20H22N6O. The normalized spacial score (nSPS) is 14.2. The van der Waals surface area contributed by atoms with E-state index in [0.717, 1.165) is 37.4 Å². The van der Waals surface area contributed by atoms with Gasteiger partial charge in [-0.1, -0.05) is 12.0 Å². The van der Waals surface area contributed by atoms with Crippen molar-refractivity contribution in [3.63, 3.8) is 0 Å². The van der Waals surface area contributed by atoms with E-state index in [1.54, 1.807) is 18.6 Å². The Morgan fingerprint density at radius 1 is 1.19 bits per heavy atom. The molecule has 138 valence electrons. The lowest BCUT2D eigenvalue weighted by Crippen LogP contribution is -2.32. The summed E-state index contributed by atoms with van der Waals surface area (Å²) in [7, 11) is 0. The van der Waals surface area contributed by atoms with Crippen molar-refractivity contribution >= 4 is 17.0 Å². The average molecular weight is 362 g/mol. The molecule has 0 radical (unpaired) electrons. The van der Waals surface area contributed by atoms with E-state index in [4.69, 9.17) is 4.98 Å². The predicted octanol–water partition coefficient (Wildman–Crippen LogP) is 2.05. The number of nitrogens with zero attached hydrogens (tertiary/aromatic N) is 6. The van der Waals surface area contributed by atoms with Gasteiger partial charge in [-0.2, -0.15) is 5.10 Å². The summed E-state index contributed by atoms with van der Waals surface area (Å²) in [6.07, 6.45) is 8.67. The number of aromatic nitrogens is 5. The van der Waals surface area contributed by atoms with E-state index in [0.29, 0.717) is 24.1 Å². The lowest BCUT2D eigenvalue weighted by molar-refractivity contribution is 0.561. The lowest BCUT2D eigenvalue weighted by atomic mass is 10.1. The molecule has 0 unspecified atom stereocenters. The van der Waals surface area contributed by atoms with Crippen molar-refractivity contribution in [3.05, 3.63) is 46.6 Å². The Morgan fingerprint density at radius 2 is 2.04 bits per heavy atom. The second kappa shape index (κ2) is 7.62. The van der Waals surface area contributed by atoms with Crippen LogP contribution in [0.25, 0.3) is 11.0 Å². The van der Waals surface area contributed by atoms with Crippen LogP contribution in [0.2, 0.25) is 0 Å². The topological polar surface area (TPSA) is 68.8 Å². The Morgan fingerprint density at radius 3 is 2.78 bits per heavy atom. The van der Waals surface area contributed by atoms with Gasteiger partial charge in [-0.15, -0.1) is 5.92 Å². The van der Waals surface area contributed by atoms with E-state index >= 15 is 0 Å². The number of pyridine rings is 1. The zero-order valence-electron chi connectivity index (χ0n) is 15.4. The van der Waals surface area contributed by atoms with Crippen LogP contribution in [0, 0.1) is 11.8 Å². The highest BCUT2D eigenvalue weighted by Crippen LogP contribution is 2.23. The monoisotopic (exact) mass is 362 g/mol. The highest BCUT2D eigenvalue weighted by Gasteiger charge is 2.21. The molecule has 3 aromatic rings. The third kappa shape index (κ3) is 3.43. The van der Waals surface area contributed by atoms with Crippen molar-refractivity contribution in [3.8, 4) is 11.8 Å². The number of fused-ring (bicyclic) bond motifs is 1. The van der Waals surface area contributed by atoms with Gasteiger partial charge in [0.2, 0.25) is 5.95 Å². The maximum Gasteiger partial charge on any atom is 0.293 e. The third-order valence-electron chi connectivity index (χ3n) is 4.84. The maximum absolute atomic E-state index is 13.2. The summed E-state index contributed by atoms with van der Waals surface area (Å²) < 4.78 is 3.41. The smallest absolute Gasteiger partial charge is 0.293 e. The molecule has 7 heteroatoms. The molecule has 0 aliphatic carbocycles. The fourth-order valence-electron chi connectivity index (χ4n) is 3.49. The van der Waals surface area contributed by atoms with Gasteiger partial charge in [0.1, 0.15) is 11.0 Å². The van der Waals surface area contributed by atoms with E-state index in [1.165, 1.54) is 11.1 Å². The van der Waals surface area contributed by atoms with Crippen LogP contribution in [-0.4, -0.2) is 37.4 Å². The quantitative estimate of drug-likeness (QED) is 0.665. The van der Waals surface area contributed by atoms with Crippen LogP contribution in [0.15, 0.2) is 35.5 Å². The standard InChI is InChI=1S/C20H22N6O/c1-2-3-12-25-18-17(23-20(25)24-10-5-4-6-11-24)14-22-26(19(18)27)15-16-8-7-9-21-13-16/h7-9,13-14H,4-6,10-12,15H2,1H3. The molecule has 1 aliphatic heterocycles. The molecule has 3 aromatic heterocycles. The summed E-state index contributed by atoms with van der Waals surface area (Å²) in [5.74, 6) is 6.84. The van der Waals surface area contributed by atoms with Gasteiger partial charge < -0.3 is 4.90 Å². The molecule has 1 saturated heterocycles. The molecule has 0 atom stereocenters. The molecule has 0 bridgehead atoms. The molecule has 1 fully saturated rings. The van der Waals surface area contributed by atoms with E-state index in [2.05, 4.69) is 26.8 Å². The largest absolute Gasteiger partial charge is 0.342 e. The van der Waals surface area contributed by atoms with E-state index in [-0.39, 0.29) is 5.56 Å². The van der Waals surface area contributed by atoms with Crippen LogP contribution in [0.5, 0.6) is 0 Å². The molecule has 27 heavy (non-hydrogen) atoms. The molecule has 4 heterocycles. The van der Waals surface area contributed by atoms with Crippen LogP contribution >= 0.6 is 0 Å². The Kier molecular flexibility index (Phi) is 4.88. The van der Waals surface area contributed by atoms with Gasteiger partial charge in [0.05, 0.1) is 19.3 Å². The SMILES string of the molecule is CC#CCn1c(N2CCCCC2)nc2cnn(Cc3cccnc3)c(=O)c21. The van der Waals surface area contributed by atoms with Gasteiger partial charge in [0.25, 0.3) is 5.56 Å². The summed E-state index contributed by atoms with van der Waals surface area (Å²) in [6, 6.07) is 3.79. The van der Waals surface area contributed by atoms with Crippen molar-refractivity contribution in [2.75, 3.05) is 18.0 Å². The zero-order valence-corrected chi connectivity index (χ0v) is 15.4. The molecule has 0 spiro atoms. The van der Waals surface area contributed by atoms with Gasteiger partial charge in [0.15, 0.2) is 0 Å². The highest BCUT2D eigenvalue weighted by molar-refractivity contribution is 5.77. The fraction of sp³-hybridized carbons (Fsp3) is 0.400. The molecule has 0 saturated carbocycles. The summed E-state index contributed by atoms with van der Waals surface area (Å²) in [6.45, 7) is 4.56. The summed E-state index contributed by atoms with van der Waals surface area (Å²) in [5, 5.41) is 4.33. The first kappa shape index (κ1) is 17.3. The third-order valence-corrected chi connectivity index (χ3v) is 4.84. The van der Waals surface area contributed by atoms with Crippen LogP contribution in [-0.2, 0) is 13.1 Å². The van der Waals surface area contributed by atoms with Crippen LogP contribution in [0.1, 0.15) is 31.7 Å². The maximum atomic E-state index is 13.2. The highest BCUT2D eigenvalue weighted by atomic mass is 16.1. The number of piperidine rings is 1. The van der Waals surface area contributed by atoms with Gasteiger partial charge in [-0.3, -0.25) is 14.3 Å². The number of rotatable bonds is 4. The summed E-state index contributed by atoms with van der Waals surface area (Å²) in [5.41, 5.74) is 1.98. The summed E-state index contributed by atoms with van der Waals surface area (Å²) in [4.78, 5) is 24.3. The first-order valence-electron chi connectivity index (χ1n) is 9.28. The van der Waals surface area contributed by atoms with E-state index in [9.17, 15) is 4.79 Å². The average Bonchev–Trinajstić information content (AvgIpc) is 3.09. The van der Waals surface area contributed by atoms with Gasteiger partial charge in [-0.25, -0.2) is 9.67 Å². The van der Waals surface area contributed by atoms with Crippen molar-refractivity contribution in [2.45, 2.75) is 39.3 Å². The Labute approximate surface area is 157 Å². The van der Waals surface area contributed by atoms with E-state index in [1.807, 2.05) is 23.6 Å². The molecule has 0 N–H and O–H groups in total. The first-order chi connectivity index (χ1) is 13.3. The van der Waals surface area contributed by atoms with Crippen molar-refractivity contribution in [2.24, 2.45) is 0 Å². The van der Waals surface area contributed by atoms with Gasteiger partial charge >= 0.3 is 0 Å². The van der Waals surface area contributed by atoms with Crippen molar-refractivity contribution < 1.29 is 0 Å². The van der Waals surface area contributed by atoms with Crippen molar-refractivity contribution in [1.82, 2.24) is 24.3 Å². The minimum atomic E-state index is -0.148. The van der Waals surface area contributed by atoms with Gasteiger partial charge in [-0.05, 0) is 37.8 Å². The zero-order chi connectivity index (χ0) is 18.6. The Bertz CT molecular complexity index is 1050. The number of hydrogen-bond donors (Lipinski definition) is 0. The molecular weight excluding hydrogens is 340 g/mol. The van der Waals surface area contributed by atoms with Crippen LogP contribution < -0.4 is 10.5 Å². The minimum Gasteiger partial charge on any atom is -0.342 e. The molecule has 0 aromatic carbocycles. The van der Waals surface area contributed by atoms with E-state index < -0.39 is 0 Å². The summed E-state index contributed by atoms with van der Waals surface area (Å²) >= 11 is 0. The second-order valence-corrected chi connectivity index (χ2v) is 6.67. The first-order valence-corrected chi connectivity index (χ1v) is 9.28. The number of imidazole rings is 1. The van der Waals surface area contributed by atoms with Crippen LogP contribution in [0.4, 0.5) is 5.95 Å².